The third-order valence-electron chi connectivity index (χ3n) is 7.89. The molecule has 0 bridgehead atoms. The smallest absolute Gasteiger partial charge is 0.334 e. The number of rotatable bonds is 12. The Balaban J connectivity index is 1.27. The van der Waals surface area contributed by atoms with Gasteiger partial charge in [0.15, 0.2) is 18.8 Å². The molecule has 242 valence electrons. The van der Waals surface area contributed by atoms with Crippen LogP contribution in [-0.2, 0) is 19.1 Å². The van der Waals surface area contributed by atoms with E-state index >= 15 is 0 Å². The highest BCUT2D eigenvalue weighted by Gasteiger charge is 2.56. The Bertz CT molecular complexity index is 1800. The van der Waals surface area contributed by atoms with Crippen molar-refractivity contribution in [3.05, 3.63) is 150 Å². The number of esters is 1. The third-order valence-corrected chi connectivity index (χ3v) is 9.14. The van der Waals surface area contributed by atoms with Gasteiger partial charge in [-0.3, -0.25) is 19.2 Å². The van der Waals surface area contributed by atoms with Crippen molar-refractivity contribution < 1.29 is 33.4 Å². The Morgan fingerprint density at radius 2 is 1.29 bits per heavy atom. The second-order valence-electron chi connectivity index (χ2n) is 11.2. The maximum absolute atomic E-state index is 14.1. The van der Waals surface area contributed by atoms with Crippen LogP contribution in [0, 0.1) is 0 Å². The summed E-state index contributed by atoms with van der Waals surface area (Å²) in [4.78, 5) is 68.7. The van der Waals surface area contributed by atoms with Crippen LogP contribution < -0.4 is 10.1 Å². The van der Waals surface area contributed by atoms with E-state index < -0.39 is 53.2 Å². The number of hydrogen-bond acceptors (Lipinski definition) is 8. The van der Waals surface area contributed by atoms with E-state index in [2.05, 4.69) is 11.9 Å². The Kier molecular flexibility index (Phi) is 9.40. The molecular formula is C37H31N3O7S. The van der Waals surface area contributed by atoms with Crippen molar-refractivity contribution in [3.63, 3.8) is 0 Å². The number of carbonyl (C=O) groups is 5. The van der Waals surface area contributed by atoms with E-state index in [4.69, 9.17) is 9.47 Å². The van der Waals surface area contributed by atoms with Crippen LogP contribution in [0.4, 0.5) is 0 Å². The Labute approximate surface area is 281 Å². The van der Waals surface area contributed by atoms with Gasteiger partial charge in [0, 0.05) is 0 Å². The summed E-state index contributed by atoms with van der Waals surface area (Å²) in [5.74, 6) is -2.66. The number of nitrogens with one attached hydrogen (secondary N) is 1. The van der Waals surface area contributed by atoms with Gasteiger partial charge >= 0.3 is 5.97 Å². The van der Waals surface area contributed by atoms with Gasteiger partial charge < -0.3 is 19.7 Å². The molecule has 0 saturated carbocycles. The highest BCUT2D eigenvalue weighted by molar-refractivity contribution is 7.98. The van der Waals surface area contributed by atoms with Crippen molar-refractivity contribution >= 4 is 41.5 Å². The molecule has 1 N–H and O–H groups in total. The molecule has 2 aliphatic rings. The van der Waals surface area contributed by atoms with Crippen LogP contribution in [0.1, 0.15) is 44.9 Å². The first-order valence-electron chi connectivity index (χ1n) is 15.1. The van der Waals surface area contributed by atoms with E-state index in [0.717, 1.165) is 16.3 Å². The molecule has 4 aromatic carbocycles. The van der Waals surface area contributed by atoms with Gasteiger partial charge in [-0.2, -0.15) is 0 Å². The molecular weight excluding hydrogens is 630 g/mol. The van der Waals surface area contributed by atoms with Crippen LogP contribution >= 0.6 is 11.9 Å². The molecule has 4 aromatic rings. The molecule has 2 aliphatic heterocycles. The first kappa shape index (κ1) is 32.3. The van der Waals surface area contributed by atoms with Gasteiger partial charge in [-0.25, -0.2) is 9.10 Å². The second-order valence-corrected chi connectivity index (χ2v) is 12.3. The Morgan fingerprint density at radius 3 is 1.81 bits per heavy atom. The van der Waals surface area contributed by atoms with E-state index in [1.807, 2.05) is 60.7 Å². The minimum atomic E-state index is -1.30. The molecule has 3 unspecified atom stereocenters. The van der Waals surface area contributed by atoms with Crippen LogP contribution in [0.5, 0.6) is 5.75 Å². The zero-order chi connectivity index (χ0) is 33.8. The molecule has 48 heavy (non-hydrogen) atoms. The van der Waals surface area contributed by atoms with Crippen molar-refractivity contribution in [1.82, 2.24) is 14.5 Å². The predicted molar refractivity (Wildman–Crippen MR) is 178 cm³/mol. The van der Waals surface area contributed by atoms with Crippen molar-refractivity contribution in [2.24, 2.45) is 0 Å². The maximum Gasteiger partial charge on any atom is 0.334 e. The van der Waals surface area contributed by atoms with Crippen molar-refractivity contribution in [3.8, 4) is 5.75 Å². The highest BCUT2D eigenvalue weighted by atomic mass is 32.2. The van der Waals surface area contributed by atoms with Gasteiger partial charge in [0.25, 0.3) is 17.7 Å². The first-order chi connectivity index (χ1) is 23.2. The van der Waals surface area contributed by atoms with Gasteiger partial charge in [-0.1, -0.05) is 97.6 Å². The summed E-state index contributed by atoms with van der Waals surface area (Å²) < 4.78 is 12.6. The van der Waals surface area contributed by atoms with Gasteiger partial charge in [0.2, 0.25) is 5.91 Å². The third kappa shape index (κ3) is 6.45. The van der Waals surface area contributed by atoms with E-state index in [0.29, 0.717) is 22.4 Å². The number of fused-ring (bicyclic) bond motifs is 1. The number of β-lactam (4-membered cyclic amide) rings is 1. The van der Waals surface area contributed by atoms with Crippen molar-refractivity contribution in [1.29, 1.82) is 0 Å². The van der Waals surface area contributed by atoms with Gasteiger partial charge in [0.1, 0.15) is 17.2 Å². The zero-order valence-corrected chi connectivity index (χ0v) is 26.7. The zero-order valence-electron chi connectivity index (χ0n) is 25.9. The highest BCUT2D eigenvalue weighted by Crippen LogP contribution is 2.40. The average Bonchev–Trinajstić information content (AvgIpc) is 3.36. The lowest BCUT2D eigenvalue weighted by molar-refractivity contribution is -0.165. The topological polar surface area (TPSA) is 122 Å². The van der Waals surface area contributed by atoms with E-state index in [-0.39, 0.29) is 17.7 Å². The molecule has 4 amide bonds. The first-order valence-corrected chi connectivity index (χ1v) is 16.0. The molecule has 2 heterocycles. The molecule has 0 spiro atoms. The summed E-state index contributed by atoms with van der Waals surface area (Å²) >= 11 is 0.753. The van der Waals surface area contributed by atoms with Gasteiger partial charge in [-0.15, -0.1) is 0 Å². The summed E-state index contributed by atoms with van der Waals surface area (Å²) in [5, 5.41) is 1.61. The van der Waals surface area contributed by atoms with Gasteiger partial charge in [-0.05, 0) is 59.8 Å². The number of para-hydroxylation sites is 1. The summed E-state index contributed by atoms with van der Waals surface area (Å²) in [6, 6.07) is 30.9. The lowest BCUT2D eigenvalue weighted by Gasteiger charge is -2.50. The molecule has 0 aromatic heterocycles. The molecule has 3 atom stereocenters. The maximum atomic E-state index is 14.1. The molecule has 1 saturated heterocycles. The summed E-state index contributed by atoms with van der Waals surface area (Å²) in [5.41, 5.74) is 2.15. The molecule has 10 nitrogen and oxygen atoms in total. The fourth-order valence-corrected chi connectivity index (χ4v) is 6.81. The molecule has 0 radical (unpaired) electrons. The van der Waals surface area contributed by atoms with E-state index in [1.165, 1.54) is 4.90 Å². The largest absolute Gasteiger partial charge is 0.484 e. The van der Waals surface area contributed by atoms with E-state index in [1.54, 1.807) is 61.5 Å². The number of amides is 4. The second kappa shape index (κ2) is 14.0. The average molecular weight is 662 g/mol. The lowest BCUT2D eigenvalue weighted by Crippen LogP contribution is -2.73. The number of ether oxygens (including phenoxy) is 2. The fourth-order valence-electron chi connectivity index (χ4n) is 5.57. The van der Waals surface area contributed by atoms with Crippen LogP contribution in [-0.4, -0.2) is 62.9 Å². The van der Waals surface area contributed by atoms with Crippen LogP contribution in [0.25, 0.3) is 0 Å². The molecule has 11 heteroatoms. The monoisotopic (exact) mass is 661 g/mol. The molecule has 6 rings (SSSR count). The Morgan fingerprint density at radius 1 is 0.792 bits per heavy atom. The van der Waals surface area contributed by atoms with Crippen molar-refractivity contribution in [2.75, 3.05) is 6.61 Å². The Hall–Kier alpha value is -5.68. The van der Waals surface area contributed by atoms with Crippen LogP contribution in [0.2, 0.25) is 0 Å². The number of nitrogens with zero attached hydrogens (tertiary/aromatic N) is 2. The SMILES string of the molecule is C=C(C)C(C(=O)OC(c1ccccc1)c1ccccc1)N1C(=O)C(NC(=O)COc2ccccc2)C1SN1C(=O)c2ccccc2C1=O. The quantitative estimate of drug-likeness (QED) is 0.0745. The van der Waals surface area contributed by atoms with Crippen LogP contribution in [0.3, 0.4) is 0 Å². The summed E-state index contributed by atoms with van der Waals surface area (Å²) in [6.45, 7) is 5.18. The van der Waals surface area contributed by atoms with Crippen LogP contribution in [0.15, 0.2) is 127 Å². The fraction of sp³-hybridized carbons (Fsp3) is 0.162. The minimum absolute atomic E-state index is 0.216. The number of hydrogen-bond donors (Lipinski definition) is 1. The van der Waals surface area contributed by atoms with Crippen molar-refractivity contribution in [2.45, 2.75) is 30.5 Å². The minimum Gasteiger partial charge on any atom is -0.484 e. The van der Waals surface area contributed by atoms with Gasteiger partial charge in [0.05, 0.1) is 11.1 Å². The molecule has 0 aliphatic carbocycles. The predicted octanol–water partition coefficient (Wildman–Crippen LogP) is 4.94. The van der Waals surface area contributed by atoms with E-state index in [9.17, 15) is 24.0 Å². The normalized spacial score (nSPS) is 17.4. The number of likely N-dealkylation sites (tertiary alicyclic amines) is 1. The number of benzene rings is 4. The summed E-state index contributed by atoms with van der Waals surface area (Å²) in [6.07, 6.45) is -0.800. The molecule has 1 fully saturated rings. The standard InChI is InChI=1S/C37H31N3O7S/c1-23(2)31(37(45)47-32(24-14-6-3-7-15-24)25-16-8-4-9-17-25)39-35(44)30(38-29(41)22-46-26-18-10-5-11-19-26)36(39)48-40-33(42)27-20-12-13-21-28(27)34(40)43/h3-21,30-32,36H,1,22H2,2H3,(H,38,41). The lowest BCUT2D eigenvalue weighted by atomic mass is 9.98. The number of imide groups is 1. The summed E-state index contributed by atoms with van der Waals surface area (Å²) in [7, 11) is 0. The number of carbonyl (C=O) groups excluding carboxylic acids is 5.